The van der Waals surface area contributed by atoms with Crippen molar-refractivity contribution in [2.24, 2.45) is 0 Å². The van der Waals surface area contributed by atoms with E-state index < -0.39 is 5.82 Å². The summed E-state index contributed by atoms with van der Waals surface area (Å²) in [6.45, 7) is 0.661. The molecule has 0 saturated carbocycles. The van der Waals surface area contributed by atoms with E-state index in [4.69, 9.17) is 0 Å². The van der Waals surface area contributed by atoms with Gasteiger partial charge in [-0.25, -0.2) is 4.39 Å². The van der Waals surface area contributed by atoms with E-state index in [0.29, 0.717) is 16.0 Å². The molecule has 122 valence electrons. The highest BCUT2D eigenvalue weighted by Crippen LogP contribution is 2.26. The molecule has 3 aromatic rings. The Bertz CT molecular complexity index is 823. The second kappa shape index (κ2) is 8.03. The second-order valence-corrected chi connectivity index (χ2v) is 7.10. The molecule has 24 heavy (non-hydrogen) atoms. The Balaban J connectivity index is 1.53. The number of nitrogens with one attached hydrogen (secondary N) is 1. The molecule has 0 spiro atoms. The van der Waals surface area contributed by atoms with Gasteiger partial charge in [0, 0.05) is 6.54 Å². The van der Waals surface area contributed by atoms with Gasteiger partial charge in [-0.05, 0) is 17.7 Å². The third-order valence-corrected chi connectivity index (χ3v) is 5.21. The van der Waals surface area contributed by atoms with E-state index in [2.05, 4.69) is 15.5 Å². The molecule has 1 heterocycles. The summed E-state index contributed by atoms with van der Waals surface area (Å²) in [7, 11) is 0. The van der Waals surface area contributed by atoms with Crippen molar-refractivity contribution in [2.45, 2.75) is 10.9 Å². The first-order valence-corrected chi connectivity index (χ1v) is 9.04. The number of thioether (sulfide) groups is 1. The van der Waals surface area contributed by atoms with E-state index in [1.807, 2.05) is 30.3 Å². The Hall–Kier alpha value is -2.25. The topological polar surface area (TPSA) is 54.9 Å². The quantitative estimate of drug-likeness (QED) is 0.504. The Labute approximate surface area is 147 Å². The van der Waals surface area contributed by atoms with E-state index in [-0.39, 0.29) is 17.1 Å². The second-order valence-electron chi connectivity index (χ2n) is 4.90. The van der Waals surface area contributed by atoms with Crippen LogP contribution in [0, 0.1) is 5.82 Å². The van der Waals surface area contributed by atoms with Gasteiger partial charge in [0.2, 0.25) is 5.13 Å². The monoisotopic (exact) mass is 359 g/mol. The molecule has 0 aliphatic carbocycles. The number of nitrogens with zero attached hydrogens (tertiary/aromatic N) is 2. The van der Waals surface area contributed by atoms with Crippen molar-refractivity contribution in [3.63, 3.8) is 0 Å². The molecular weight excluding hydrogens is 345 g/mol. The number of aromatic nitrogens is 2. The maximum Gasteiger partial charge on any atom is 0.206 e. The third-order valence-electron chi connectivity index (χ3n) is 3.19. The molecule has 0 aliphatic heterocycles. The highest BCUT2D eigenvalue weighted by atomic mass is 32.2. The fourth-order valence-corrected chi connectivity index (χ4v) is 3.64. The fraction of sp³-hybridized carbons (Fsp3) is 0.118. The lowest BCUT2D eigenvalue weighted by molar-refractivity contribution is 0.101. The zero-order valence-electron chi connectivity index (χ0n) is 12.6. The maximum absolute atomic E-state index is 13.6. The van der Waals surface area contributed by atoms with Crippen LogP contribution in [-0.2, 0) is 6.54 Å². The Kier molecular flexibility index (Phi) is 5.55. The van der Waals surface area contributed by atoms with Crippen molar-refractivity contribution < 1.29 is 9.18 Å². The highest BCUT2D eigenvalue weighted by molar-refractivity contribution is 8.01. The maximum atomic E-state index is 13.6. The predicted molar refractivity (Wildman–Crippen MR) is 95.1 cm³/mol. The summed E-state index contributed by atoms with van der Waals surface area (Å²) in [5.74, 6) is -0.619. The van der Waals surface area contributed by atoms with Crippen LogP contribution in [-0.4, -0.2) is 21.7 Å². The van der Waals surface area contributed by atoms with Crippen molar-refractivity contribution in [1.82, 2.24) is 10.2 Å². The number of Topliss-reactive ketones (excluding diaryl/α,β-unsaturated/α-hetero) is 1. The molecule has 0 atom stereocenters. The minimum Gasteiger partial charge on any atom is -0.356 e. The molecule has 0 fully saturated rings. The van der Waals surface area contributed by atoms with Gasteiger partial charge in [0.25, 0.3) is 0 Å². The first-order valence-electron chi connectivity index (χ1n) is 7.24. The van der Waals surface area contributed by atoms with E-state index in [1.165, 1.54) is 35.2 Å². The molecule has 7 heteroatoms. The van der Waals surface area contributed by atoms with Gasteiger partial charge in [-0.2, -0.15) is 0 Å². The standard InChI is InChI=1S/C17H14FN3OS2/c18-14-9-5-4-8-13(14)15(22)11-23-17-21-20-16(24-17)19-10-12-6-2-1-3-7-12/h1-9H,10-11H2,(H,19,20). The molecule has 1 aromatic heterocycles. The largest absolute Gasteiger partial charge is 0.356 e. The van der Waals surface area contributed by atoms with E-state index in [9.17, 15) is 9.18 Å². The van der Waals surface area contributed by atoms with E-state index >= 15 is 0 Å². The summed E-state index contributed by atoms with van der Waals surface area (Å²) in [4.78, 5) is 12.0. The molecule has 0 amide bonds. The molecule has 0 unspecified atom stereocenters. The summed E-state index contributed by atoms with van der Waals surface area (Å²) in [5, 5.41) is 12.0. The van der Waals surface area contributed by atoms with Crippen LogP contribution in [0.15, 0.2) is 58.9 Å². The van der Waals surface area contributed by atoms with Crippen molar-refractivity contribution in [3.05, 3.63) is 71.5 Å². The van der Waals surface area contributed by atoms with E-state index in [0.717, 1.165) is 5.56 Å². The number of benzene rings is 2. The van der Waals surface area contributed by atoms with Gasteiger partial charge in [0.05, 0.1) is 11.3 Å². The van der Waals surface area contributed by atoms with E-state index in [1.54, 1.807) is 12.1 Å². The van der Waals surface area contributed by atoms with Gasteiger partial charge in [-0.1, -0.05) is 65.6 Å². The first kappa shape index (κ1) is 16.6. The Morgan fingerprint density at radius 1 is 1.08 bits per heavy atom. The normalized spacial score (nSPS) is 10.5. The van der Waals surface area contributed by atoms with Gasteiger partial charge >= 0.3 is 0 Å². The molecular formula is C17H14FN3OS2. The van der Waals surface area contributed by atoms with Crippen LogP contribution in [0.3, 0.4) is 0 Å². The molecule has 3 rings (SSSR count). The van der Waals surface area contributed by atoms with Crippen LogP contribution >= 0.6 is 23.1 Å². The summed E-state index contributed by atoms with van der Waals surface area (Å²) >= 11 is 2.64. The molecule has 2 aromatic carbocycles. The van der Waals surface area contributed by atoms with Crippen molar-refractivity contribution >= 4 is 34.0 Å². The van der Waals surface area contributed by atoms with Crippen LogP contribution in [0.25, 0.3) is 0 Å². The van der Waals surface area contributed by atoms with Crippen LogP contribution < -0.4 is 5.32 Å². The fourth-order valence-electron chi connectivity index (χ4n) is 2.01. The lowest BCUT2D eigenvalue weighted by Crippen LogP contribution is -2.04. The minimum atomic E-state index is -0.495. The summed E-state index contributed by atoms with van der Waals surface area (Å²) in [6.07, 6.45) is 0. The lowest BCUT2D eigenvalue weighted by atomic mass is 10.1. The van der Waals surface area contributed by atoms with Gasteiger partial charge < -0.3 is 5.32 Å². The Morgan fingerprint density at radius 3 is 2.62 bits per heavy atom. The minimum absolute atomic E-state index is 0.108. The predicted octanol–water partition coefficient (Wildman–Crippen LogP) is 4.26. The van der Waals surface area contributed by atoms with Gasteiger partial charge in [-0.3, -0.25) is 4.79 Å². The molecule has 1 N–H and O–H groups in total. The van der Waals surface area contributed by atoms with Crippen molar-refractivity contribution in [1.29, 1.82) is 0 Å². The number of carbonyl (C=O) groups excluding carboxylic acids is 1. The van der Waals surface area contributed by atoms with Gasteiger partial charge in [-0.15, -0.1) is 10.2 Å². The van der Waals surface area contributed by atoms with Gasteiger partial charge in [0.15, 0.2) is 10.1 Å². The first-order chi connectivity index (χ1) is 11.7. The number of hydrogen-bond donors (Lipinski definition) is 1. The average Bonchev–Trinajstić information content (AvgIpc) is 3.07. The SMILES string of the molecule is O=C(CSc1nnc(NCc2ccccc2)s1)c1ccccc1F. The average molecular weight is 359 g/mol. The number of anilines is 1. The van der Waals surface area contributed by atoms with Crippen LogP contribution in [0.5, 0.6) is 0 Å². The van der Waals surface area contributed by atoms with Crippen LogP contribution in [0.2, 0.25) is 0 Å². The molecule has 0 bridgehead atoms. The number of hydrogen-bond acceptors (Lipinski definition) is 6. The van der Waals surface area contributed by atoms with Crippen LogP contribution in [0.1, 0.15) is 15.9 Å². The molecule has 0 radical (unpaired) electrons. The zero-order valence-corrected chi connectivity index (χ0v) is 14.2. The Morgan fingerprint density at radius 2 is 1.83 bits per heavy atom. The summed E-state index contributed by atoms with van der Waals surface area (Å²) in [6, 6.07) is 16.0. The summed E-state index contributed by atoms with van der Waals surface area (Å²) in [5.41, 5.74) is 1.26. The third kappa shape index (κ3) is 4.39. The lowest BCUT2D eigenvalue weighted by Gasteiger charge is -2.01. The smallest absolute Gasteiger partial charge is 0.206 e. The highest BCUT2D eigenvalue weighted by Gasteiger charge is 2.13. The zero-order chi connectivity index (χ0) is 16.8. The van der Waals surface area contributed by atoms with Crippen molar-refractivity contribution in [3.8, 4) is 0 Å². The number of rotatable bonds is 7. The summed E-state index contributed by atoms with van der Waals surface area (Å²) < 4.78 is 14.2. The molecule has 0 saturated heterocycles. The molecule has 4 nitrogen and oxygen atoms in total. The molecule has 0 aliphatic rings. The van der Waals surface area contributed by atoms with Crippen molar-refractivity contribution in [2.75, 3.05) is 11.1 Å². The number of ketones is 1. The van der Waals surface area contributed by atoms with Gasteiger partial charge in [0.1, 0.15) is 5.82 Å². The number of carbonyl (C=O) groups is 1. The van der Waals surface area contributed by atoms with Crippen LogP contribution in [0.4, 0.5) is 9.52 Å². The number of halogens is 1.